The van der Waals surface area contributed by atoms with Crippen molar-refractivity contribution in [3.8, 4) is 0 Å². The monoisotopic (exact) mass is 280 g/mol. The highest BCUT2D eigenvalue weighted by molar-refractivity contribution is 5.94. The molecule has 1 unspecified atom stereocenters. The number of nitrogens with one attached hydrogen (secondary N) is 1. The Balaban J connectivity index is 2.89. The minimum atomic E-state index is -1.01. The van der Waals surface area contributed by atoms with Crippen molar-refractivity contribution >= 4 is 11.8 Å². The molecule has 1 heterocycles. The Hall–Kier alpha value is -1.62. The van der Waals surface area contributed by atoms with Gasteiger partial charge in [-0.1, -0.05) is 26.7 Å². The number of aliphatic hydroxyl groups is 1. The van der Waals surface area contributed by atoms with Gasteiger partial charge in [0.15, 0.2) is 0 Å². The molecule has 1 rings (SSSR count). The van der Waals surface area contributed by atoms with Gasteiger partial charge in [-0.05, 0) is 31.4 Å². The maximum atomic E-state index is 11.3. The minimum Gasteiger partial charge on any atom is -0.478 e. The Bertz CT molecular complexity index is 470. The second-order valence-corrected chi connectivity index (χ2v) is 5.13. The van der Waals surface area contributed by atoms with Crippen molar-refractivity contribution < 1.29 is 15.0 Å². The number of anilines is 1. The maximum Gasteiger partial charge on any atom is 0.339 e. The lowest BCUT2D eigenvalue weighted by atomic mass is 9.96. The Morgan fingerprint density at radius 3 is 2.45 bits per heavy atom. The Morgan fingerprint density at radius 1 is 1.35 bits per heavy atom. The molecule has 0 aliphatic rings. The van der Waals surface area contributed by atoms with E-state index in [0.717, 1.165) is 18.5 Å². The molecule has 0 saturated heterocycles. The van der Waals surface area contributed by atoms with E-state index in [4.69, 9.17) is 0 Å². The van der Waals surface area contributed by atoms with Crippen LogP contribution in [0.2, 0.25) is 0 Å². The van der Waals surface area contributed by atoms with E-state index in [-0.39, 0.29) is 11.5 Å². The summed E-state index contributed by atoms with van der Waals surface area (Å²) < 4.78 is 0. The Morgan fingerprint density at radius 2 is 1.95 bits per heavy atom. The summed E-state index contributed by atoms with van der Waals surface area (Å²) in [6.07, 6.45) is 1.28. The average Bonchev–Trinajstić information content (AvgIpc) is 2.36. The van der Waals surface area contributed by atoms with Gasteiger partial charge < -0.3 is 15.5 Å². The number of carboxylic acid groups (broad SMARTS) is 1. The van der Waals surface area contributed by atoms with Gasteiger partial charge in [0.1, 0.15) is 11.4 Å². The summed E-state index contributed by atoms with van der Waals surface area (Å²) in [7, 11) is 0. The number of hydrogen-bond acceptors (Lipinski definition) is 4. The number of nitrogens with zero attached hydrogens (tertiary/aromatic N) is 1. The lowest BCUT2D eigenvalue weighted by Crippen LogP contribution is -2.28. The summed E-state index contributed by atoms with van der Waals surface area (Å²) in [4.78, 5) is 15.5. The molecule has 3 N–H and O–H groups in total. The van der Waals surface area contributed by atoms with E-state index in [0.29, 0.717) is 17.9 Å². The quantitative estimate of drug-likeness (QED) is 0.715. The smallest absolute Gasteiger partial charge is 0.339 e. The van der Waals surface area contributed by atoms with E-state index in [1.165, 1.54) is 0 Å². The van der Waals surface area contributed by atoms with Crippen LogP contribution in [0.4, 0.5) is 5.82 Å². The first-order chi connectivity index (χ1) is 9.40. The minimum absolute atomic E-state index is 0.173. The van der Waals surface area contributed by atoms with E-state index < -0.39 is 12.1 Å². The number of aromatic nitrogens is 1. The summed E-state index contributed by atoms with van der Waals surface area (Å²) >= 11 is 0. The van der Waals surface area contributed by atoms with E-state index >= 15 is 0 Å². The zero-order valence-corrected chi connectivity index (χ0v) is 12.6. The van der Waals surface area contributed by atoms with Gasteiger partial charge in [0.25, 0.3) is 0 Å². The molecule has 0 aromatic carbocycles. The van der Waals surface area contributed by atoms with E-state index in [1.54, 1.807) is 13.0 Å². The average molecular weight is 280 g/mol. The fourth-order valence-corrected chi connectivity index (χ4v) is 2.44. The molecule has 0 bridgehead atoms. The number of hydrogen-bond donors (Lipinski definition) is 3. The third-order valence-electron chi connectivity index (χ3n) is 3.63. The van der Waals surface area contributed by atoms with Crippen LogP contribution in [0.3, 0.4) is 0 Å². The highest BCUT2D eigenvalue weighted by Gasteiger charge is 2.19. The fraction of sp³-hybridized carbons (Fsp3) is 0.600. The number of aliphatic hydroxyl groups excluding tert-OH is 1. The summed E-state index contributed by atoms with van der Waals surface area (Å²) in [5.74, 6) is -0.462. The molecule has 1 aromatic heterocycles. The van der Waals surface area contributed by atoms with Crippen molar-refractivity contribution in [2.45, 2.75) is 46.6 Å². The summed E-state index contributed by atoms with van der Waals surface area (Å²) in [6, 6.07) is 1.74. The van der Waals surface area contributed by atoms with Crippen LogP contribution in [-0.2, 0) is 0 Å². The molecule has 5 nitrogen and oxygen atoms in total. The summed E-state index contributed by atoms with van der Waals surface area (Å²) in [6.45, 7) is 7.95. The third kappa shape index (κ3) is 3.93. The van der Waals surface area contributed by atoms with Crippen LogP contribution in [0.5, 0.6) is 0 Å². The SMILES string of the molecule is CCC(CC)C(O)CNc1nc(C)cc(C)c1C(=O)O. The van der Waals surface area contributed by atoms with Gasteiger partial charge in [0.05, 0.1) is 6.10 Å². The van der Waals surface area contributed by atoms with Crippen molar-refractivity contribution in [2.24, 2.45) is 5.92 Å². The molecule has 0 amide bonds. The van der Waals surface area contributed by atoms with Crippen molar-refractivity contribution in [3.63, 3.8) is 0 Å². The number of carbonyl (C=O) groups is 1. The van der Waals surface area contributed by atoms with Crippen LogP contribution in [-0.4, -0.2) is 33.8 Å². The number of aromatic carboxylic acids is 1. The molecule has 0 fully saturated rings. The first-order valence-electron chi connectivity index (χ1n) is 7.04. The van der Waals surface area contributed by atoms with Gasteiger partial charge in [-0.2, -0.15) is 0 Å². The lowest BCUT2D eigenvalue weighted by molar-refractivity contribution is 0.0696. The first kappa shape index (κ1) is 16.4. The third-order valence-corrected chi connectivity index (χ3v) is 3.63. The standard InChI is InChI=1S/C15H24N2O3/c1-5-11(6-2)12(18)8-16-14-13(15(19)20)9(3)7-10(4)17-14/h7,11-12,18H,5-6,8H2,1-4H3,(H,16,17)(H,19,20). The molecule has 5 heteroatoms. The van der Waals surface area contributed by atoms with Crippen LogP contribution in [0.15, 0.2) is 6.07 Å². The van der Waals surface area contributed by atoms with Gasteiger partial charge >= 0.3 is 5.97 Å². The lowest BCUT2D eigenvalue weighted by Gasteiger charge is -2.21. The van der Waals surface area contributed by atoms with E-state index in [2.05, 4.69) is 10.3 Å². The zero-order chi connectivity index (χ0) is 15.3. The topological polar surface area (TPSA) is 82.5 Å². The van der Waals surface area contributed by atoms with E-state index in [1.807, 2.05) is 20.8 Å². The molecular weight excluding hydrogens is 256 g/mol. The second-order valence-electron chi connectivity index (χ2n) is 5.13. The van der Waals surface area contributed by atoms with Gasteiger partial charge in [-0.25, -0.2) is 9.78 Å². The molecule has 0 spiro atoms. The Kier molecular flexibility index (Phi) is 5.95. The van der Waals surface area contributed by atoms with Crippen LogP contribution in [0, 0.1) is 19.8 Å². The van der Waals surface area contributed by atoms with E-state index in [9.17, 15) is 15.0 Å². The number of pyridine rings is 1. The molecular formula is C15H24N2O3. The highest BCUT2D eigenvalue weighted by Crippen LogP contribution is 2.20. The second kappa shape index (κ2) is 7.24. The molecule has 112 valence electrons. The van der Waals surface area contributed by atoms with Gasteiger partial charge in [-0.15, -0.1) is 0 Å². The normalized spacial score (nSPS) is 12.5. The first-order valence-corrected chi connectivity index (χ1v) is 7.04. The summed E-state index contributed by atoms with van der Waals surface area (Å²) in [5, 5.41) is 22.3. The Labute approximate surface area is 120 Å². The number of rotatable bonds is 7. The molecule has 0 radical (unpaired) electrons. The fourth-order valence-electron chi connectivity index (χ4n) is 2.44. The largest absolute Gasteiger partial charge is 0.478 e. The van der Waals surface area contributed by atoms with Crippen LogP contribution < -0.4 is 5.32 Å². The van der Waals surface area contributed by atoms with Crippen molar-refractivity contribution in [2.75, 3.05) is 11.9 Å². The van der Waals surface area contributed by atoms with Crippen molar-refractivity contribution in [1.82, 2.24) is 4.98 Å². The van der Waals surface area contributed by atoms with Crippen molar-refractivity contribution in [3.05, 3.63) is 22.9 Å². The molecule has 1 atom stereocenters. The van der Waals surface area contributed by atoms with Crippen LogP contribution in [0.25, 0.3) is 0 Å². The molecule has 1 aromatic rings. The zero-order valence-electron chi connectivity index (χ0n) is 12.6. The van der Waals surface area contributed by atoms with Gasteiger partial charge in [0.2, 0.25) is 0 Å². The van der Waals surface area contributed by atoms with Crippen LogP contribution >= 0.6 is 0 Å². The van der Waals surface area contributed by atoms with Crippen molar-refractivity contribution in [1.29, 1.82) is 0 Å². The van der Waals surface area contributed by atoms with Crippen LogP contribution in [0.1, 0.15) is 48.3 Å². The highest BCUT2D eigenvalue weighted by atomic mass is 16.4. The predicted molar refractivity (Wildman–Crippen MR) is 79.2 cm³/mol. The number of carboxylic acids is 1. The molecule has 20 heavy (non-hydrogen) atoms. The maximum absolute atomic E-state index is 11.3. The number of aryl methyl sites for hydroxylation is 2. The molecule has 0 saturated carbocycles. The van der Waals surface area contributed by atoms with Gasteiger partial charge in [-0.3, -0.25) is 0 Å². The van der Waals surface area contributed by atoms with Gasteiger partial charge in [0, 0.05) is 12.2 Å². The summed E-state index contributed by atoms with van der Waals surface area (Å²) in [5.41, 5.74) is 1.60. The molecule has 0 aliphatic carbocycles. The predicted octanol–water partition coefficient (Wildman–Crippen LogP) is 2.61. The molecule has 0 aliphatic heterocycles.